The lowest BCUT2D eigenvalue weighted by molar-refractivity contribution is 0.521. The van der Waals surface area contributed by atoms with E-state index in [1.165, 1.54) is 18.5 Å². The van der Waals surface area contributed by atoms with E-state index in [-0.39, 0.29) is 11.3 Å². The van der Waals surface area contributed by atoms with Gasteiger partial charge in [-0.3, -0.25) is 13.6 Å². The van der Waals surface area contributed by atoms with Crippen LogP contribution in [0.15, 0.2) is 54.0 Å². The molecular weight excluding hydrogens is 247 g/mol. The summed E-state index contributed by atoms with van der Waals surface area (Å²) in [4.78, 5) is 4.81. The van der Waals surface area contributed by atoms with Crippen LogP contribution >= 0.6 is 0 Å². The Balaban J connectivity index is 2.55. The Morgan fingerprint density at radius 1 is 1.37 bits per heavy atom. The van der Waals surface area contributed by atoms with Gasteiger partial charge in [0.05, 0.1) is 11.4 Å². The van der Waals surface area contributed by atoms with Crippen molar-refractivity contribution in [2.24, 2.45) is 0 Å². The second-order valence-corrected chi connectivity index (χ2v) is 3.98. The fraction of sp³-hybridized carbons (Fsp3) is 0.0769. The van der Waals surface area contributed by atoms with Gasteiger partial charge >= 0.3 is 7.40 Å². The molecule has 0 atom stereocenters. The molecule has 0 saturated heterocycles. The molecule has 1 aliphatic rings. The highest BCUT2D eigenvalue weighted by atomic mass is 19.2. The Bertz CT molecular complexity index is 600. The maximum absolute atomic E-state index is 13.0. The number of rotatable bonds is 2. The summed E-state index contributed by atoms with van der Waals surface area (Å²) < 4.78 is 26.1. The maximum Gasteiger partial charge on any atom is 0.677 e. The highest BCUT2D eigenvalue weighted by Crippen LogP contribution is 2.26. The number of hydrogen-bond donors (Lipinski definition) is 0. The van der Waals surface area contributed by atoms with Crippen molar-refractivity contribution in [3.8, 4) is 6.07 Å². The standard InChI is InChI=1S/C13H10BF2N3/c1-10-5-6-13(19(9-10)14(15)16)11(8-17)12-4-2-3-7-18-12/h2-7,9H,1H3/b13-11+. The summed E-state index contributed by atoms with van der Waals surface area (Å²) in [5.41, 5.74) is 1.35. The number of nitrogens with zero attached hydrogens (tertiary/aromatic N) is 3. The van der Waals surface area contributed by atoms with Crippen molar-refractivity contribution in [3.05, 3.63) is 59.7 Å². The molecule has 2 heterocycles. The summed E-state index contributed by atoms with van der Waals surface area (Å²) in [6.07, 6.45) is 6.04. The number of aromatic nitrogens is 1. The highest BCUT2D eigenvalue weighted by molar-refractivity contribution is 6.40. The monoisotopic (exact) mass is 257 g/mol. The molecule has 0 amide bonds. The zero-order valence-corrected chi connectivity index (χ0v) is 10.2. The number of halogens is 2. The Kier molecular flexibility index (Phi) is 3.76. The van der Waals surface area contributed by atoms with Crippen molar-refractivity contribution in [2.75, 3.05) is 0 Å². The minimum Gasteiger partial charge on any atom is -0.331 e. The maximum atomic E-state index is 13.0. The normalized spacial score (nSPS) is 16.7. The van der Waals surface area contributed by atoms with E-state index in [1.54, 1.807) is 31.2 Å². The van der Waals surface area contributed by atoms with E-state index in [9.17, 15) is 13.9 Å². The highest BCUT2D eigenvalue weighted by Gasteiger charge is 2.29. The van der Waals surface area contributed by atoms with E-state index in [1.807, 2.05) is 6.07 Å². The molecule has 1 aromatic rings. The molecule has 0 aliphatic carbocycles. The van der Waals surface area contributed by atoms with Crippen LogP contribution in [0.3, 0.4) is 0 Å². The number of allylic oxidation sites excluding steroid dienone is 4. The second kappa shape index (κ2) is 5.48. The third kappa shape index (κ3) is 2.71. The first-order valence-electron chi connectivity index (χ1n) is 5.62. The predicted molar refractivity (Wildman–Crippen MR) is 69.5 cm³/mol. The fourth-order valence-corrected chi connectivity index (χ4v) is 1.76. The zero-order chi connectivity index (χ0) is 13.8. The van der Waals surface area contributed by atoms with Gasteiger partial charge in [0.2, 0.25) is 0 Å². The van der Waals surface area contributed by atoms with Crippen molar-refractivity contribution >= 4 is 13.0 Å². The molecule has 0 N–H and O–H groups in total. The third-order valence-electron chi connectivity index (χ3n) is 2.62. The molecule has 3 nitrogen and oxygen atoms in total. The SMILES string of the molecule is CC1=CN(B(F)F)/C(=C(\C#N)c2ccccn2)C=C1. The average molecular weight is 257 g/mol. The summed E-state index contributed by atoms with van der Waals surface area (Å²) in [6.45, 7) is 1.72. The van der Waals surface area contributed by atoms with E-state index in [0.717, 1.165) is 4.81 Å². The second-order valence-electron chi connectivity index (χ2n) is 3.98. The summed E-state index contributed by atoms with van der Waals surface area (Å²) in [5, 5.41) is 9.22. The molecule has 94 valence electrons. The molecule has 0 saturated carbocycles. The van der Waals surface area contributed by atoms with Crippen LogP contribution in [0.4, 0.5) is 8.63 Å². The van der Waals surface area contributed by atoms with Crippen LogP contribution in [0, 0.1) is 11.3 Å². The predicted octanol–water partition coefficient (Wildman–Crippen LogP) is 3.02. The molecule has 0 spiro atoms. The molecule has 19 heavy (non-hydrogen) atoms. The zero-order valence-electron chi connectivity index (χ0n) is 10.2. The first kappa shape index (κ1) is 13.0. The van der Waals surface area contributed by atoms with Crippen molar-refractivity contribution in [1.82, 2.24) is 9.79 Å². The lowest BCUT2D eigenvalue weighted by atomic mass is 10.0. The number of hydrogen-bond acceptors (Lipinski definition) is 3. The fourth-order valence-electron chi connectivity index (χ4n) is 1.76. The van der Waals surface area contributed by atoms with Gasteiger partial charge in [-0.25, -0.2) is 0 Å². The van der Waals surface area contributed by atoms with Gasteiger partial charge in [-0.05, 0) is 36.9 Å². The van der Waals surface area contributed by atoms with Gasteiger partial charge in [-0.2, -0.15) is 5.26 Å². The van der Waals surface area contributed by atoms with E-state index >= 15 is 0 Å². The van der Waals surface area contributed by atoms with Gasteiger partial charge in [0.25, 0.3) is 0 Å². The molecule has 0 fully saturated rings. The Labute approximate surface area is 110 Å². The Hall–Kier alpha value is -2.42. The van der Waals surface area contributed by atoms with Crippen molar-refractivity contribution < 1.29 is 8.63 Å². The first-order valence-corrected chi connectivity index (χ1v) is 5.62. The van der Waals surface area contributed by atoms with Gasteiger partial charge < -0.3 is 4.81 Å². The van der Waals surface area contributed by atoms with E-state index in [2.05, 4.69) is 4.98 Å². The summed E-state index contributed by atoms with van der Waals surface area (Å²) in [6, 6.07) is 6.98. The van der Waals surface area contributed by atoms with Crippen LogP contribution in [0.1, 0.15) is 12.6 Å². The van der Waals surface area contributed by atoms with E-state index < -0.39 is 7.40 Å². The molecule has 0 bridgehead atoms. The smallest absolute Gasteiger partial charge is 0.331 e. The average Bonchev–Trinajstić information content (AvgIpc) is 2.42. The minimum atomic E-state index is -2.71. The van der Waals surface area contributed by atoms with E-state index in [4.69, 9.17) is 0 Å². The van der Waals surface area contributed by atoms with Crippen LogP contribution in [-0.2, 0) is 0 Å². The molecule has 1 aliphatic heterocycles. The Morgan fingerprint density at radius 2 is 2.16 bits per heavy atom. The van der Waals surface area contributed by atoms with Crippen molar-refractivity contribution in [3.63, 3.8) is 0 Å². The molecule has 0 unspecified atom stereocenters. The topological polar surface area (TPSA) is 39.9 Å². The molecule has 0 aromatic carbocycles. The molecule has 6 heteroatoms. The van der Waals surface area contributed by atoms with Crippen LogP contribution in [0.25, 0.3) is 5.57 Å². The summed E-state index contributed by atoms with van der Waals surface area (Å²) in [7, 11) is -2.71. The van der Waals surface area contributed by atoms with Crippen LogP contribution in [0.2, 0.25) is 0 Å². The van der Waals surface area contributed by atoms with Crippen LogP contribution in [0.5, 0.6) is 0 Å². The minimum absolute atomic E-state index is 0.126. The van der Waals surface area contributed by atoms with Gasteiger partial charge in [0.1, 0.15) is 11.6 Å². The molecule has 1 aromatic heterocycles. The van der Waals surface area contributed by atoms with Crippen LogP contribution in [-0.4, -0.2) is 17.2 Å². The molecular formula is C13H10BF2N3. The largest absolute Gasteiger partial charge is 0.677 e. The van der Waals surface area contributed by atoms with Gasteiger partial charge in [-0.15, -0.1) is 0 Å². The lowest BCUT2D eigenvalue weighted by Gasteiger charge is -2.23. The van der Waals surface area contributed by atoms with Crippen molar-refractivity contribution in [1.29, 1.82) is 5.26 Å². The van der Waals surface area contributed by atoms with Crippen LogP contribution < -0.4 is 0 Å². The molecule has 0 radical (unpaired) electrons. The number of pyridine rings is 1. The molecule has 2 rings (SSSR count). The van der Waals surface area contributed by atoms with Gasteiger partial charge in [0.15, 0.2) is 0 Å². The summed E-state index contributed by atoms with van der Waals surface area (Å²) in [5.74, 6) is 0. The first-order chi connectivity index (χ1) is 9.13. The van der Waals surface area contributed by atoms with Crippen molar-refractivity contribution in [2.45, 2.75) is 6.92 Å². The lowest BCUT2D eigenvalue weighted by Crippen LogP contribution is -2.29. The number of nitriles is 1. The van der Waals surface area contributed by atoms with Gasteiger partial charge in [-0.1, -0.05) is 12.1 Å². The van der Waals surface area contributed by atoms with Gasteiger partial charge in [0, 0.05) is 6.20 Å². The quantitative estimate of drug-likeness (QED) is 0.603. The summed E-state index contributed by atoms with van der Waals surface area (Å²) >= 11 is 0. The Morgan fingerprint density at radius 3 is 2.74 bits per heavy atom. The van der Waals surface area contributed by atoms with E-state index in [0.29, 0.717) is 11.3 Å². The third-order valence-corrected chi connectivity index (χ3v) is 2.62.